The van der Waals surface area contributed by atoms with Crippen LogP contribution in [0.3, 0.4) is 0 Å². The summed E-state index contributed by atoms with van der Waals surface area (Å²) in [5.41, 5.74) is 5.35. The van der Waals surface area contributed by atoms with Crippen molar-refractivity contribution in [3.8, 4) is 28.8 Å². The maximum absolute atomic E-state index is 13.3. The van der Waals surface area contributed by atoms with E-state index in [0.717, 1.165) is 97.5 Å². The Hall–Kier alpha value is -6.38. The van der Waals surface area contributed by atoms with Gasteiger partial charge in [-0.2, -0.15) is 4.98 Å². The first-order valence-electron chi connectivity index (χ1n) is 23.1. The van der Waals surface area contributed by atoms with Crippen LogP contribution in [0.15, 0.2) is 48.8 Å². The molecule has 9 rings (SSSR count). The molecule has 1 unspecified atom stereocenters. The molecule has 65 heavy (non-hydrogen) atoms. The van der Waals surface area contributed by atoms with Crippen molar-refractivity contribution in [3.05, 3.63) is 65.5 Å². The Morgan fingerprint density at radius 3 is 2.57 bits per heavy atom. The molecule has 4 amide bonds. The Labute approximate surface area is 379 Å². The fraction of sp³-hybridized carbons (Fsp3) is 0.500. The van der Waals surface area contributed by atoms with Gasteiger partial charge in [0.25, 0.3) is 5.91 Å². The molecule has 0 bridgehead atoms. The number of amides is 4. The smallest absolute Gasteiger partial charge is 0.255 e. The van der Waals surface area contributed by atoms with Gasteiger partial charge >= 0.3 is 0 Å². The van der Waals surface area contributed by atoms with E-state index in [9.17, 15) is 19.2 Å². The van der Waals surface area contributed by atoms with Gasteiger partial charge in [-0.15, -0.1) is 5.10 Å². The summed E-state index contributed by atoms with van der Waals surface area (Å²) in [5.74, 6) is 7.40. The van der Waals surface area contributed by atoms with Gasteiger partial charge in [0, 0.05) is 61.8 Å². The maximum atomic E-state index is 13.3. The first-order valence-corrected chi connectivity index (χ1v) is 23.1. The number of hydrogen-bond donors (Lipinski definition) is 3. The summed E-state index contributed by atoms with van der Waals surface area (Å²) in [7, 11) is 3.45. The second-order valence-corrected chi connectivity index (χ2v) is 17.6. The minimum atomic E-state index is -0.629. The molecule has 4 aromatic rings. The summed E-state index contributed by atoms with van der Waals surface area (Å²) in [5, 5.41) is 18.4. The number of fused-ring (bicyclic) bond motifs is 2. The van der Waals surface area contributed by atoms with Crippen molar-refractivity contribution in [2.45, 2.75) is 121 Å². The zero-order valence-corrected chi connectivity index (χ0v) is 37.3. The van der Waals surface area contributed by atoms with Crippen molar-refractivity contribution in [1.29, 1.82) is 0 Å². The molecule has 1 saturated heterocycles. The SMILES string of the molecule is CC[C@@H]1C(=O)N(C)c2cnc(Nc3ccc(-c4cn(C5CCC(NCCOCCC#Cc6ccc7c(c6)CN(C6CCC(=O)NC6=O)C7=O)CC5)nn4)cc3OC)nc2N1C1CCCC1. The van der Waals surface area contributed by atoms with E-state index >= 15 is 0 Å². The number of benzene rings is 2. The Balaban J connectivity index is 0.713. The van der Waals surface area contributed by atoms with Gasteiger partial charge in [0.05, 0.1) is 44.4 Å². The van der Waals surface area contributed by atoms with Crippen LogP contribution in [0.25, 0.3) is 11.3 Å². The van der Waals surface area contributed by atoms with Crippen LogP contribution in [-0.4, -0.2) is 112 Å². The van der Waals surface area contributed by atoms with Crippen LogP contribution in [0, 0.1) is 11.8 Å². The first kappa shape index (κ1) is 43.9. The van der Waals surface area contributed by atoms with Gasteiger partial charge in [-0.05, 0) is 87.3 Å². The molecule has 3 N–H and O–H groups in total. The summed E-state index contributed by atoms with van der Waals surface area (Å²) < 4.78 is 13.7. The minimum absolute atomic E-state index is 0.0879. The maximum Gasteiger partial charge on any atom is 0.255 e. The van der Waals surface area contributed by atoms with Crippen molar-refractivity contribution >= 4 is 46.8 Å². The molecule has 340 valence electrons. The molecule has 17 nitrogen and oxygen atoms in total. The lowest BCUT2D eigenvalue weighted by molar-refractivity contribution is -0.137. The van der Waals surface area contributed by atoms with Crippen LogP contribution in [0.2, 0.25) is 0 Å². The highest BCUT2D eigenvalue weighted by atomic mass is 16.5. The van der Waals surface area contributed by atoms with E-state index in [1.165, 1.54) is 0 Å². The normalized spacial score (nSPS) is 22.1. The summed E-state index contributed by atoms with van der Waals surface area (Å²) >= 11 is 0. The number of hydrogen-bond acceptors (Lipinski definition) is 13. The largest absolute Gasteiger partial charge is 0.495 e. The molecule has 3 fully saturated rings. The van der Waals surface area contributed by atoms with Crippen LogP contribution in [0.1, 0.15) is 112 Å². The number of rotatable bonds is 14. The number of imide groups is 1. The number of likely N-dealkylation sites (N-methyl/N-ethyl adjacent to an activating group) is 1. The Morgan fingerprint density at radius 2 is 1.78 bits per heavy atom. The third-order valence-corrected chi connectivity index (χ3v) is 13.5. The zero-order valence-electron chi connectivity index (χ0n) is 37.3. The fourth-order valence-electron chi connectivity index (χ4n) is 10.0. The molecule has 2 saturated carbocycles. The van der Waals surface area contributed by atoms with E-state index in [1.807, 2.05) is 48.3 Å². The highest BCUT2D eigenvalue weighted by molar-refractivity contribution is 6.06. The lowest BCUT2D eigenvalue weighted by Gasteiger charge is -2.43. The number of ether oxygens (including phenoxy) is 2. The quantitative estimate of drug-likeness (QED) is 0.0844. The van der Waals surface area contributed by atoms with E-state index in [1.54, 1.807) is 29.2 Å². The van der Waals surface area contributed by atoms with Gasteiger partial charge in [-0.1, -0.05) is 42.9 Å². The lowest BCUT2D eigenvalue weighted by Crippen LogP contribution is -2.55. The number of methoxy groups -OCH3 is 1. The molecule has 2 aromatic heterocycles. The number of carbonyl (C=O) groups excluding carboxylic acids is 4. The highest BCUT2D eigenvalue weighted by Gasteiger charge is 2.42. The number of aromatic nitrogens is 5. The molecule has 3 aliphatic heterocycles. The molecule has 17 heteroatoms. The van der Waals surface area contributed by atoms with E-state index in [-0.39, 0.29) is 42.3 Å². The highest BCUT2D eigenvalue weighted by Crippen LogP contribution is 2.41. The van der Waals surface area contributed by atoms with Crippen LogP contribution < -0.4 is 30.5 Å². The summed E-state index contributed by atoms with van der Waals surface area (Å²) in [6, 6.07) is 11.5. The third kappa shape index (κ3) is 9.28. The topological polar surface area (TPSA) is 189 Å². The number of anilines is 4. The van der Waals surface area contributed by atoms with E-state index < -0.39 is 11.9 Å². The van der Waals surface area contributed by atoms with Crippen molar-refractivity contribution in [2.24, 2.45) is 0 Å². The molecular weight excluding hydrogens is 827 g/mol. The second kappa shape index (κ2) is 19.4. The minimum Gasteiger partial charge on any atom is -0.495 e. The molecule has 0 radical (unpaired) electrons. The standard InChI is InChI=1S/C48H57N11O6/c1-4-39-47(63)56(2)41-27-50-48(53-44(41)59(39)35-10-5-6-11-35)51-37-19-13-31(26-42(37)64-3)38-29-58(55-54-38)34-16-14-33(15-17-34)49-22-24-65-23-8-7-9-30-12-18-36-32(25-30)28-57(46(36)62)40-20-21-43(60)52-45(40)61/h12-13,18-19,25-27,29,33-35,39-40,49H,4-6,8,10-11,14-17,20-24,28H2,1-3H3,(H,50,51,53)(H,52,60,61)/t33?,34?,39-,40?/m1/s1. The molecular formula is C48H57N11O6. The van der Waals surface area contributed by atoms with Crippen LogP contribution in [-0.2, 0) is 25.7 Å². The Bertz CT molecular complexity index is 2500. The number of nitrogens with zero attached hydrogens (tertiary/aromatic N) is 8. The monoisotopic (exact) mass is 883 g/mol. The summed E-state index contributed by atoms with van der Waals surface area (Å²) in [4.78, 5) is 65.3. The third-order valence-electron chi connectivity index (χ3n) is 13.5. The predicted octanol–water partition coefficient (Wildman–Crippen LogP) is 5.28. The predicted molar refractivity (Wildman–Crippen MR) is 244 cm³/mol. The average molecular weight is 884 g/mol. The average Bonchev–Trinajstić information content (AvgIpc) is 4.11. The van der Waals surface area contributed by atoms with E-state index in [2.05, 4.69) is 54.9 Å². The second-order valence-electron chi connectivity index (χ2n) is 17.6. The molecule has 5 heterocycles. The van der Waals surface area contributed by atoms with Gasteiger partial charge < -0.3 is 34.8 Å². The number of piperidine rings is 1. The van der Waals surface area contributed by atoms with Gasteiger partial charge in [0.2, 0.25) is 23.7 Å². The van der Waals surface area contributed by atoms with Gasteiger partial charge in [0.1, 0.15) is 29.2 Å². The molecule has 5 aliphatic rings. The Morgan fingerprint density at radius 1 is 0.954 bits per heavy atom. The first-order chi connectivity index (χ1) is 31.7. The van der Waals surface area contributed by atoms with Crippen molar-refractivity contribution < 1.29 is 28.7 Å². The van der Waals surface area contributed by atoms with Gasteiger partial charge in [0.15, 0.2) is 5.82 Å². The molecule has 2 aliphatic carbocycles. The lowest BCUT2D eigenvalue weighted by atomic mass is 9.91. The molecule has 2 atom stereocenters. The fourth-order valence-corrected chi connectivity index (χ4v) is 10.0. The van der Waals surface area contributed by atoms with Gasteiger partial charge in [-0.3, -0.25) is 24.5 Å². The van der Waals surface area contributed by atoms with E-state index in [4.69, 9.17) is 14.5 Å². The van der Waals surface area contributed by atoms with Crippen molar-refractivity contribution in [3.63, 3.8) is 0 Å². The summed E-state index contributed by atoms with van der Waals surface area (Å²) in [6.45, 7) is 4.28. The van der Waals surface area contributed by atoms with Crippen molar-refractivity contribution in [1.82, 2.24) is 40.5 Å². The molecule has 2 aromatic carbocycles. The zero-order chi connectivity index (χ0) is 45.0. The summed E-state index contributed by atoms with van der Waals surface area (Å²) in [6.07, 6.45) is 14.1. The van der Waals surface area contributed by atoms with Crippen molar-refractivity contribution in [2.75, 3.05) is 49.0 Å². The van der Waals surface area contributed by atoms with Gasteiger partial charge in [-0.25, -0.2) is 9.67 Å². The Kier molecular flexibility index (Phi) is 13.1. The molecule has 0 spiro atoms. The van der Waals surface area contributed by atoms with Crippen LogP contribution >= 0.6 is 0 Å². The van der Waals surface area contributed by atoms with Crippen LogP contribution in [0.5, 0.6) is 5.75 Å². The number of carbonyl (C=O) groups is 4. The van der Waals surface area contributed by atoms with Crippen LogP contribution in [0.4, 0.5) is 23.1 Å². The van der Waals surface area contributed by atoms with E-state index in [0.29, 0.717) is 62.3 Å². The number of nitrogens with one attached hydrogen (secondary N) is 3.